The summed E-state index contributed by atoms with van der Waals surface area (Å²) in [4.78, 5) is 0. The normalized spacial score (nSPS) is 13.4. The molecule has 0 saturated carbocycles. The van der Waals surface area contributed by atoms with Gasteiger partial charge in [0.1, 0.15) is 0 Å². The van der Waals surface area contributed by atoms with Crippen LogP contribution in [0.5, 0.6) is 0 Å². The van der Waals surface area contributed by atoms with Crippen molar-refractivity contribution in [3.05, 3.63) is 28.8 Å². The molecule has 0 bridgehead atoms. The van der Waals surface area contributed by atoms with E-state index in [2.05, 4.69) is 5.32 Å². The number of hydrogen-bond donors (Lipinski definition) is 2. The standard InChI is InChI=1S/C11H13ClF3NO2/c1-18-6-10(17)5-16-9-3-7(11(13,14)15)2-8(12)4-9/h2-4,10,16-17H,5-6H2,1H3. The van der Waals surface area contributed by atoms with E-state index in [4.69, 9.17) is 16.3 Å². The summed E-state index contributed by atoms with van der Waals surface area (Å²) in [6, 6.07) is 3.14. The van der Waals surface area contributed by atoms with Crippen molar-refractivity contribution in [2.75, 3.05) is 25.6 Å². The maximum atomic E-state index is 12.5. The second kappa shape index (κ2) is 6.26. The third-order valence-corrected chi connectivity index (χ3v) is 2.34. The van der Waals surface area contributed by atoms with Gasteiger partial charge >= 0.3 is 6.18 Å². The predicted octanol–water partition coefficient (Wildman–Crippen LogP) is 2.78. The summed E-state index contributed by atoms with van der Waals surface area (Å²) in [5.41, 5.74) is -0.635. The van der Waals surface area contributed by atoms with Crippen LogP contribution in [0.3, 0.4) is 0 Å². The molecule has 102 valence electrons. The van der Waals surface area contributed by atoms with E-state index in [0.717, 1.165) is 12.1 Å². The molecule has 0 amide bonds. The van der Waals surface area contributed by atoms with Gasteiger partial charge in [0.2, 0.25) is 0 Å². The van der Waals surface area contributed by atoms with Crippen LogP contribution >= 0.6 is 11.6 Å². The van der Waals surface area contributed by atoms with Gasteiger partial charge in [0.05, 0.1) is 18.3 Å². The van der Waals surface area contributed by atoms with E-state index in [1.165, 1.54) is 13.2 Å². The predicted molar refractivity (Wildman–Crippen MR) is 62.8 cm³/mol. The number of halogens is 4. The number of benzene rings is 1. The summed E-state index contributed by atoms with van der Waals surface area (Å²) in [6.07, 6.45) is -5.25. The topological polar surface area (TPSA) is 41.5 Å². The van der Waals surface area contributed by atoms with Gasteiger partial charge in [0, 0.05) is 24.4 Å². The van der Waals surface area contributed by atoms with Crippen LogP contribution in [0.25, 0.3) is 0 Å². The maximum Gasteiger partial charge on any atom is 0.416 e. The molecule has 0 aliphatic rings. The minimum Gasteiger partial charge on any atom is -0.389 e. The fourth-order valence-electron chi connectivity index (χ4n) is 1.34. The molecule has 0 spiro atoms. The first-order chi connectivity index (χ1) is 8.32. The highest BCUT2D eigenvalue weighted by Crippen LogP contribution is 2.33. The first-order valence-electron chi connectivity index (χ1n) is 5.11. The van der Waals surface area contributed by atoms with E-state index in [9.17, 15) is 18.3 Å². The number of methoxy groups -OCH3 is 1. The molecular formula is C11H13ClF3NO2. The summed E-state index contributed by atoms with van der Waals surface area (Å²) in [6.45, 7) is 0.172. The van der Waals surface area contributed by atoms with E-state index in [1.807, 2.05) is 0 Å². The zero-order chi connectivity index (χ0) is 13.8. The van der Waals surface area contributed by atoms with E-state index < -0.39 is 17.8 Å². The van der Waals surface area contributed by atoms with Gasteiger partial charge < -0.3 is 15.2 Å². The lowest BCUT2D eigenvalue weighted by Gasteiger charge is -2.14. The number of rotatable bonds is 5. The fraction of sp³-hybridized carbons (Fsp3) is 0.455. The molecule has 7 heteroatoms. The van der Waals surface area contributed by atoms with Crippen LogP contribution in [0.4, 0.5) is 18.9 Å². The Morgan fingerprint density at radius 3 is 2.61 bits per heavy atom. The molecule has 0 aliphatic heterocycles. The van der Waals surface area contributed by atoms with Crippen LogP contribution < -0.4 is 5.32 Å². The molecule has 2 N–H and O–H groups in total. The second-order valence-electron chi connectivity index (χ2n) is 3.72. The van der Waals surface area contributed by atoms with Crippen molar-refractivity contribution in [1.29, 1.82) is 0 Å². The lowest BCUT2D eigenvalue weighted by atomic mass is 10.2. The van der Waals surface area contributed by atoms with Crippen molar-refractivity contribution in [3.8, 4) is 0 Å². The largest absolute Gasteiger partial charge is 0.416 e. The van der Waals surface area contributed by atoms with Crippen LogP contribution in [-0.4, -0.2) is 31.5 Å². The Bertz CT molecular complexity index is 398. The zero-order valence-corrected chi connectivity index (χ0v) is 10.3. The minimum absolute atomic E-state index is 0.0199. The second-order valence-corrected chi connectivity index (χ2v) is 4.15. The smallest absolute Gasteiger partial charge is 0.389 e. The van der Waals surface area contributed by atoms with E-state index >= 15 is 0 Å². The van der Waals surface area contributed by atoms with Crippen molar-refractivity contribution in [3.63, 3.8) is 0 Å². The Morgan fingerprint density at radius 2 is 2.06 bits per heavy atom. The number of ether oxygens (including phenoxy) is 1. The molecule has 0 heterocycles. The van der Waals surface area contributed by atoms with Gasteiger partial charge in [-0.3, -0.25) is 0 Å². The van der Waals surface area contributed by atoms with Crippen LogP contribution in [0.2, 0.25) is 5.02 Å². The number of hydrogen-bond acceptors (Lipinski definition) is 3. The molecular weight excluding hydrogens is 271 g/mol. The average Bonchev–Trinajstić information content (AvgIpc) is 2.25. The fourth-order valence-corrected chi connectivity index (χ4v) is 1.58. The zero-order valence-electron chi connectivity index (χ0n) is 9.59. The van der Waals surface area contributed by atoms with Gasteiger partial charge in [0.15, 0.2) is 0 Å². The molecule has 1 aromatic rings. The highest BCUT2D eigenvalue weighted by Gasteiger charge is 2.31. The molecule has 0 aliphatic carbocycles. The number of alkyl halides is 3. The SMILES string of the molecule is COCC(O)CNc1cc(Cl)cc(C(F)(F)F)c1. The Balaban J connectivity index is 2.75. The summed E-state index contributed by atoms with van der Waals surface area (Å²) in [5.74, 6) is 0. The molecule has 1 aromatic carbocycles. The monoisotopic (exact) mass is 283 g/mol. The molecule has 1 atom stereocenters. The molecule has 3 nitrogen and oxygen atoms in total. The minimum atomic E-state index is -4.45. The number of anilines is 1. The van der Waals surface area contributed by atoms with Gasteiger partial charge in [-0.05, 0) is 18.2 Å². The van der Waals surface area contributed by atoms with Gasteiger partial charge in [-0.25, -0.2) is 0 Å². The van der Waals surface area contributed by atoms with E-state index in [1.54, 1.807) is 0 Å². The lowest BCUT2D eigenvalue weighted by molar-refractivity contribution is -0.137. The first kappa shape index (κ1) is 15.1. The molecule has 0 fully saturated rings. The highest BCUT2D eigenvalue weighted by molar-refractivity contribution is 6.30. The Morgan fingerprint density at radius 1 is 1.39 bits per heavy atom. The van der Waals surface area contributed by atoms with Crippen molar-refractivity contribution >= 4 is 17.3 Å². The Hall–Kier alpha value is -0.980. The Kier molecular flexibility index (Phi) is 5.25. The van der Waals surface area contributed by atoms with Crippen molar-refractivity contribution in [2.45, 2.75) is 12.3 Å². The van der Waals surface area contributed by atoms with Crippen LogP contribution in [-0.2, 0) is 10.9 Å². The van der Waals surface area contributed by atoms with Gasteiger partial charge in [-0.2, -0.15) is 13.2 Å². The third-order valence-electron chi connectivity index (χ3n) is 2.13. The molecule has 0 radical (unpaired) electrons. The highest BCUT2D eigenvalue weighted by atomic mass is 35.5. The van der Waals surface area contributed by atoms with Crippen LogP contribution in [0, 0.1) is 0 Å². The van der Waals surface area contributed by atoms with Gasteiger partial charge in [-0.15, -0.1) is 0 Å². The number of aliphatic hydroxyl groups excluding tert-OH is 1. The van der Waals surface area contributed by atoms with Gasteiger partial charge in [-0.1, -0.05) is 11.6 Å². The van der Waals surface area contributed by atoms with Crippen molar-refractivity contribution in [1.82, 2.24) is 0 Å². The molecule has 0 saturated heterocycles. The number of aliphatic hydroxyl groups is 1. The quantitative estimate of drug-likeness (QED) is 0.873. The van der Waals surface area contributed by atoms with Crippen LogP contribution in [0.15, 0.2) is 18.2 Å². The van der Waals surface area contributed by atoms with Crippen molar-refractivity contribution < 1.29 is 23.0 Å². The summed E-state index contributed by atoms with van der Waals surface area (Å²) in [7, 11) is 1.42. The molecule has 0 aromatic heterocycles. The van der Waals surface area contributed by atoms with Crippen molar-refractivity contribution in [2.24, 2.45) is 0 Å². The van der Waals surface area contributed by atoms with Gasteiger partial charge in [0.25, 0.3) is 0 Å². The maximum absolute atomic E-state index is 12.5. The molecule has 18 heavy (non-hydrogen) atoms. The van der Waals surface area contributed by atoms with E-state index in [-0.39, 0.29) is 23.9 Å². The summed E-state index contributed by atoms with van der Waals surface area (Å²) < 4.78 is 42.2. The van der Waals surface area contributed by atoms with Crippen LogP contribution in [0.1, 0.15) is 5.56 Å². The average molecular weight is 284 g/mol. The number of nitrogens with one attached hydrogen (secondary N) is 1. The summed E-state index contributed by atoms with van der Waals surface area (Å²) in [5, 5.41) is 12.0. The summed E-state index contributed by atoms with van der Waals surface area (Å²) >= 11 is 5.61. The molecule has 1 rings (SSSR count). The lowest BCUT2D eigenvalue weighted by Crippen LogP contribution is -2.24. The third kappa shape index (κ3) is 4.72. The van der Waals surface area contributed by atoms with E-state index in [0.29, 0.717) is 0 Å². The Labute approximate surface area is 108 Å². The molecule has 1 unspecified atom stereocenters. The first-order valence-corrected chi connectivity index (χ1v) is 5.49.